The highest BCUT2D eigenvalue weighted by Crippen LogP contribution is 2.35. The zero-order chi connectivity index (χ0) is 22.6. The zero-order valence-corrected chi connectivity index (χ0v) is 18.5. The molecule has 1 aliphatic rings. The van der Waals surface area contributed by atoms with Crippen LogP contribution in [0.1, 0.15) is 37.8 Å². The highest BCUT2D eigenvalue weighted by Gasteiger charge is 2.44. The van der Waals surface area contributed by atoms with E-state index >= 15 is 0 Å². The van der Waals surface area contributed by atoms with Crippen LogP contribution >= 0.6 is 11.3 Å². The smallest absolute Gasteiger partial charge is 0.180 e. The quantitative estimate of drug-likeness (QED) is 0.213. The first kappa shape index (κ1) is 20.9. The Morgan fingerprint density at radius 3 is 2.00 bits per heavy atom. The summed E-state index contributed by atoms with van der Waals surface area (Å²) in [5, 5.41) is 10.6. The minimum atomic E-state index is -1.01. The Morgan fingerprint density at radius 2 is 1.39 bits per heavy atom. The third-order valence-corrected chi connectivity index (χ3v) is 6.54. The Hall–Kier alpha value is -3.96. The van der Waals surface area contributed by atoms with Crippen molar-refractivity contribution in [1.29, 1.82) is 0 Å². The van der Waals surface area contributed by atoms with Crippen LogP contribution in [0.2, 0.25) is 0 Å². The topological polar surface area (TPSA) is 58.9 Å². The van der Waals surface area contributed by atoms with E-state index in [4.69, 9.17) is 0 Å². The lowest BCUT2D eigenvalue weighted by Gasteiger charge is -2.20. The molecule has 0 saturated heterocycles. The summed E-state index contributed by atoms with van der Waals surface area (Å²) in [6.07, 6.45) is 1.65. The van der Waals surface area contributed by atoms with Crippen LogP contribution in [-0.4, -0.2) is 23.5 Å². The van der Waals surface area contributed by atoms with E-state index < -0.39 is 11.8 Å². The van der Waals surface area contributed by atoms with Crippen LogP contribution in [0.5, 0.6) is 0 Å². The minimum Gasteiger partial charge on any atom is -0.297 e. The number of carbonyl (C=O) groups excluding carboxylic acids is 2. The molecule has 1 aromatic heterocycles. The lowest BCUT2D eigenvalue weighted by atomic mass is 9.80. The molecular weight excluding hydrogens is 428 g/mol. The summed E-state index contributed by atoms with van der Waals surface area (Å²) < 4.78 is 0. The van der Waals surface area contributed by atoms with Crippen molar-refractivity contribution >= 4 is 34.8 Å². The average molecular weight is 449 g/mol. The van der Waals surface area contributed by atoms with Crippen molar-refractivity contribution in [2.75, 3.05) is 0 Å². The number of hydrogen-bond donors (Lipinski definition) is 0. The second-order valence-corrected chi connectivity index (χ2v) is 8.72. The molecule has 3 aromatic carbocycles. The van der Waals surface area contributed by atoms with Gasteiger partial charge in [-0.25, -0.2) is 0 Å². The standard InChI is InChI=1S/C28H20N2O2S/c31-27-23-16-8-7-15-22(23)26(30-29-18-21-14-9-17-33-21)25(27)28(32)24(19-10-3-1-4-11-19)20-12-5-2-6-13-20/h1-18,24-25H/b29-18+,30-26-. The molecule has 0 saturated carbocycles. The number of benzene rings is 3. The predicted molar refractivity (Wildman–Crippen MR) is 132 cm³/mol. The molecule has 5 rings (SSSR count). The van der Waals surface area contributed by atoms with Crippen LogP contribution < -0.4 is 0 Å². The highest BCUT2D eigenvalue weighted by molar-refractivity contribution is 7.11. The van der Waals surface area contributed by atoms with Gasteiger partial charge in [0, 0.05) is 16.0 Å². The van der Waals surface area contributed by atoms with Crippen molar-refractivity contribution in [3.8, 4) is 0 Å². The van der Waals surface area contributed by atoms with Gasteiger partial charge in [0.2, 0.25) is 0 Å². The lowest BCUT2D eigenvalue weighted by molar-refractivity contribution is -0.120. The molecule has 0 bridgehead atoms. The summed E-state index contributed by atoms with van der Waals surface area (Å²) in [4.78, 5) is 28.5. The summed E-state index contributed by atoms with van der Waals surface area (Å²) in [5.74, 6) is -2.01. The molecule has 160 valence electrons. The molecule has 0 fully saturated rings. The van der Waals surface area contributed by atoms with Crippen molar-refractivity contribution in [1.82, 2.24) is 0 Å². The van der Waals surface area contributed by atoms with E-state index in [-0.39, 0.29) is 11.6 Å². The van der Waals surface area contributed by atoms with Gasteiger partial charge in [0.1, 0.15) is 5.92 Å². The van der Waals surface area contributed by atoms with Crippen molar-refractivity contribution in [2.45, 2.75) is 5.92 Å². The van der Waals surface area contributed by atoms with Gasteiger partial charge in [-0.05, 0) is 22.6 Å². The van der Waals surface area contributed by atoms with Crippen LogP contribution in [0.3, 0.4) is 0 Å². The molecule has 0 aliphatic heterocycles. The first-order valence-electron chi connectivity index (χ1n) is 10.7. The van der Waals surface area contributed by atoms with E-state index in [0.717, 1.165) is 16.0 Å². The molecule has 0 radical (unpaired) electrons. The molecule has 4 aromatic rings. The van der Waals surface area contributed by atoms with Crippen LogP contribution in [0.25, 0.3) is 0 Å². The number of nitrogens with zero attached hydrogens (tertiary/aromatic N) is 2. The second kappa shape index (κ2) is 9.27. The van der Waals surface area contributed by atoms with Crippen molar-refractivity contribution in [3.63, 3.8) is 0 Å². The summed E-state index contributed by atoms with van der Waals surface area (Å²) >= 11 is 1.55. The van der Waals surface area contributed by atoms with Crippen molar-refractivity contribution in [2.24, 2.45) is 16.1 Å². The average Bonchev–Trinajstić information content (AvgIpc) is 3.47. The molecule has 4 nitrogen and oxygen atoms in total. The van der Waals surface area contributed by atoms with Gasteiger partial charge in [0.25, 0.3) is 0 Å². The van der Waals surface area contributed by atoms with E-state index in [2.05, 4.69) is 10.2 Å². The SMILES string of the molecule is O=C1c2ccccc2/C(=N/N=C/c2cccs2)C1C(=O)C(c1ccccc1)c1ccccc1. The first-order chi connectivity index (χ1) is 16.2. The molecule has 1 aliphatic carbocycles. The van der Waals surface area contributed by atoms with E-state index in [1.165, 1.54) is 0 Å². The molecule has 0 N–H and O–H groups in total. The Kier molecular flexibility index (Phi) is 5.87. The molecule has 33 heavy (non-hydrogen) atoms. The van der Waals surface area contributed by atoms with Crippen molar-refractivity contribution in [3.05, 3.63) is 130 Å². The number of thiophene rings is 1. The Morgan fingerprint density at radius 1 is 0.788 bits per heavy atom. The third kappa shape index (κ3) is 4.11. The fourth-order valence-corrected chi connectivity index (χ4v) is 4.80. The Balaban J connectivity index is 1.60. The number of carbonyl (C=O) groups is 2. The maximum Gasteiger partial charge on any atom is 0.180 e. The van der Waals surface area contributed by atoms with E-state index in [1.807, 2.05) is 96.4 Å². The number of rotatable bonds is 6. The fraction of sp³-hybridized carbons (Fsp3) is 0.0714. The van der Waals surface area contributed by atoms with Crippen molar-refractivity contribution < 1.29 is 9.59 Å². The minimum absolute atomic E-state index is 0.196. The van der Waals surface area contributed by atoms with Gasteiger partial charge < -0.3 is 0 Å². The molecule has 0 amide bonds. The maximum absolute atomic E-state index is 14.1. The van der Waals surface area contributed by atoms with Crippen LogP contribution in [0, 0.1) is 5.92 Å². The first-order valence-corrected chi connectivity index (χ1v) is 11.5. The molecule has 1 atom stereocenters. The highest BCUT2D eigenvalue weighted by atomic mass is 32.1. The van der Waals surface area contributed by atoms with E-state index in [0.29, 0.717) is 16.8 Å². The van der Waals surface area contributed by atoms with Crippen LogP contribution in [0.4, 0.5) is 0 Å². The summed E-state index contributed by atoms with van der Waals surface area (Å²) in [7, 11) is 0. The van der Waals surface area contributed by atoms with Gasteiger partial charge in [0.05, 0.1) is 17.8 Å². The Labute approximate surface area is 196 Å². The van der Waals surface area contributed by atoms with Crippen LogP contribution in [0.15, 0.2) is 113 Å². The number of fused-ring (bicyclic) bond motifs is 1. The predicted octanol–water partition coefficient (Wildman–Crippen LogP) is 5.79. The van der Waals surface area contributed by atoms with Crippen LogP contribution in [-0.2, 0) is 4.79 Å². The summed E-state index contributed by atoms with van der Waals surface area (Å²) in [6.45, 7) is 0. The third-order valence-electron chi connectivity index (χ3n) is 5.73. The van der Waals surface area contributed by atoms with Gasteiger partial charge in [-0.2, -0.15) is 10.2 Å². The van der Waals surface area contributed by atoms with Gasteiger partial charge in [0.15, 0.2) is 11.6 Å². The van der Waals surface area contributed by atoms with E-state index in [1.54, 1.807) is 23.6 Å². The maximum atomic E-state index is 14.1. The Bertz CT molecular complexity index is 1300. The largest absolute Gasteiger partial charge is 0.297 e. The molecule has 5 heteroatoms. The van der Waals surface area contributed by atoms with E-state index in [9.17, 15) is 9.59 Å². The zero-order valence-electron chi connectivity index (χ0n) is 17.7. The summed E-state index contributed by atoms with van der Waals surface area (Å²) in [6, 6.07) is 30.3. The molecular formula is C28H20N2O2S. The lowest BCUT2D eigenvalue weighted by Crippen LogP contribution is -2.31. The van der Waals surface area contributed by atoms with Gasteiger partial charge >= 0.3 is 0 Å². The van der Waals surface area contributed by atoms with Gasteiger partial charge in [-0.1, -0.05) is 91.0 Å². The van der Waals surface area contributed by atoms with Gasteiger partial charge in [-0.15, -0.1) is 11.3 Å². The second-order valence-electron chi connectivity index (χ2n) is 7.74. The molecule has 0 spiro atoms. The number of hydrogen-bond acceptors (Lipinski definition) is 5. The normalized spacial score (nSPS) is 16.6. The monoisotopic (exact) mass is 448 g/mol. The summed E-state index contributed by atoms with van der Waals surface area (Å²) in [5.41, 5.74) is 3.29. The number of Topliss-reactive ketones (excluding diaryl/α,β-unsaturated/α-hetero) is 2. The van der Waals surface area contributed by atoms with Gasteiger partial charge in [-0.3, -0.25) is 9.59 Å². The molecule has 1 heterocycles. The molecule has 1 unspecified atom stereocenters. The fourth-order valence-electron chi connectivity index (χ4n) is 4.22. The number of ketones is 2.